The Hall–Kier alpha value is -3.19. The van der Waals surface area contributed by atoms with Crippen LogP contribution >= 0.6 is 43.5 Å². The monoisotopic (exact) mass is 642 g/mol. The molecule has 0 saturated carbocycles. The summed E-state index contributed by atoms with van der Waals surface area (Å²) in [5, 5.41) is 14.5. The highest BCUT2D eigenvalue weighted by Gasteiger charge is 2.19. The van der Waals surface area contributed by atoms with Crippen LogP contribution in [0.15, 0.2) is 67.4 Å². The van der Waals surface area contributed by atoms with Gasteiger partial charge < -0.3 is 9.47 Å². The SMILES string of the molecule is COc1cc(C=Nn2c(C(C)C)nc3ccc(Br)cc3c2=O)c(Br)c(Cl)c1OCc1ccccc1C#N. The summed E-state index contributed by atoms with van der Waals surface area (Å²) in [5.74, 6) is 1.17. The molecule has 0 N–H and O–H groups in total. The second-order valence-electron chi connectivity index (χ2n) is 8.33. The average Bonchev–Trinajstić information content (AvgIpc) is 2.89. The predicted molar refractivity (Wildman–Crippen MR) is 152 cm³/mol. The van der Waals surface area contributed by atoms with Gasteiger partial charge in [0.05, 0.1) is 35.9 Å². The van der Waals surface area contributed by atoms with Crippen LogP contribution in [-0.4, -0.2) is 23.0 Å². The predicted octanol–water partition coefficient (Wildman–Crippen LogP) is 7.04. The molecule has 1 aromatic heterocycles. The van der Waals surface area contributed by atoms with E-state index in [1.807, 2.05) is 32.0 Å². The Bertz CT molecular complexity index is 1630. The minimum atomic E-state index is -0.281. The van der Waals surface area contributed by atoms with Crippen molar-refractivity contribution in [2.24, 2.45) is 5.10 Å². The Morgan fingerprint density at radius 3 is 2.68 bits per heavy atom. The van der Waals surface area contributed by atoms with Gasteiger partial charge >= 0.3 is 0 Å². The van der Waals surface area contributed by atoms with Crippen LogP contribution in [0.3, 0.4) is 0 Å². The quantitative estimate of drug-likeness (QED) is 0.202. The highest BCUT2D eigenvalue weighted by molar-refractivity contribution is 9.10. The number of rotatable bonds is 7. The van der Waals surface area contributed by atoms with Crippen molar-refractivity contribution in [1.29, 1.82) is 5.26 Å². The van der Waals surface area contributed by atoms with Gasteiger partial charge in [-0.15, -0.1) is 0 Å². The van der Waals surface area contributed by atoms with E-state index in [0.717, 1.165) is 10.0 Å². The molecule has 0 spiro atoms. The Kier molecular flexibility index (Phi) is 8.32. The van der Waals surface area contributed by atoms with Gasteiger partial charge in [-0.1, -0.05) is 59.6 Å². The van der Waals surface area contributed by atoms with Crippen molar-refractivity contribution in [3.05, 3.63) is 95.4 Å². The van der Waals surface area contributed by atoms with Gasteiger partial charge in [-0.2, -0.15) is 15.0 Å². The largest absolute Gasteiger partial charge is 0.493 e. The number of halogens is 3. The van der Waals surface area contributed by atoms with E-state index in [4.69, 9.17) is 21.1 Å². The normalized spacial score (nSPS) is 11.3. The van der Waals surface area contributed by atoms with Crippen LogP contribution in [0, 0.1) is 11.3 Å². The number of fused-ring (bicyclic) bond motifs is 1. The number of nitriles is 1. The minimum absolute atomic E-state index is 0.0495. The van der Waals surface area contributed by atoms with Crippen molar-refractivity contribution >= 4 is 60.6 Å². The standard InChI is InChI=1S/C27H21Br2ClN4O3/c1-15(2)26-33-21-9-8-19(28)11-20(21)27(35)34(26)32-13-18-10-22(36-3)25(24(30)23(18)29)37-14-17-7-5-4-6-16(17)12-31/h4-11,13,15H,14H2,1-3H3. The summed E-state index contributed by atoms with van der Waals surface area (Å²) in [7, 11) is 1.50. The van der Waals surface area contributed by atoms with Crippen molar-refractivity contribution in [3.8, 4) is 17.6 Å². The van der Waals surface area contributed by atoms with Gasteiger partial charge in [0.1, 0.15) is 17.5 Å². The second-order valence-corrected chi connectivity index (χ2v) is 10.4. The van der Waals surface area contributed by atoms with Crippen LogP contribution in [0.5, 0.6) is 11.5 Å². The molecule has 0 aliphatic rings. The molecule has 0 aliphatic heterocycles. The van der Waals surface area contributed by atoms with Crippen LogP contribution < -0.4 is 15.0 Å². The summed E-state index contributed by atoms with van der Waals surface area (Å²) in [5.41, 5.74) is 2.14. The Labute approximate surface area is 235 Å². The maximum absolute atomic E-state index is 13.3. The van der Waals surface area contributed by atoms with Gasteiger partial charge in [0, 0.05) is 26.0 Å². The van der Waals surface area contributed by atoms with E-state index in [-0.39, 0.29) is 23.1 Å². The summed E-state index contributed by atoms with van der Waals surface area (Å²) in [6, 6.07) is 16.4. The van der Waals surface area contributed by atoms with E-state index in [9.17, 15) is 10.1 Å². The first kappa shape index (κ1) is 26.9. The molecular weight excluding hydrogens is 624 g/mol. The van der Waals surface area contributed by atoms with Crippen LogP contribution in [-0.2, 0) is 6.61 Å². The van der Waals surface area contributed by atoms with Crippen molar-refractivity contribution in [1.82, 2.24) is 9.66 Å². The molecule has 0 atom stereocenters. The van der Waals surface area contributed by atoms with Gasteiger partial charge in [0.25, 0.3) is 5.56 Å². The lowest BCUT2D eigenvalue weighted by atomic mass is 10.1. The van der Waals surface area contributed by atoms with Crippen molar-refractivity contribution in [2.45, 2.75) is 26.4 Å². The third-order valence-corrected chi connectivity index (χ3v) is 7.48. The Balaban J connectivity index is 1.74. The fraction of sp³-hybridized carbons (Fsp3) is 0.185. The number of benzene rings is 3. The number of hydrogen-bond acceptors (Lipinski definition) is 6. The molecule has 37 heavy (non-hydrogen) atoms. The van der Waals surface area contributed by atoms with Crippen molar-refractivity contribution < 1.29 is 9.47 Å². The van der Waals surface area contributed by atoms with Crippen molar-refractivity contribution in [2.75, 3.05) is 7.11 Å². The number of methoxy groups -OCH3 is 1. The van der Waals surface area contributed by atoms with E-state index in [1.165, 1.54) is 18.0 Å². The molecule has 4 rings (SSSR count). The molecule has 0 radical (unpaired) electrons. The molecular formula is C27H21Br2ClN4O3. The smallest absolute Gasteiger partial charge is 0.282 e. The van der Waals surface area contributed by atoms with Crippen LogP contribution in [0.25, 0.3) is 10.9 Å². The van der Waals surface area contributed by atoms with Gasteiger partial charge in [-0.25, -0.2) is 4.98 Å². The molecule has 1 heterocycles. The molecule has 3 aromatic carbocycles. The van der Waals surface area contributed by atoms with Gasteiger partial charge in [-0.3, -0.25) is 4.79 Å². The van der Waals surface area contributed by atoms with E-state index in [2.05, 4.69) is 48.0 Å². The number of aromatic nitrogens is 2. The zero-order valence-electron chi connectivity index (χ0n) is 20.1. The maximum atomic E-state index is 13.3. The summed E-state index contributed by atoms with van der Waals surface area (Å²) < 4.78 is 14.1. The summed E-state index contributed by atoms with van der Waals surface area (Å²) in [6.07, 6.45) is 1.52. The average molecular weight is 645 g/mol. The lowest BCUT2D eigenvalue weighted by Gasteiger charge is -2.16. The molecule has 0 bridgehead atoms. The molecule has 10 heteroatoms. The topological polar surface area (TPSA) is 89.5 Å². The van der Waals surface area contributed by atoms with Gasteiger partial charge in [0.15, 0.2) is 11.5 Å². The van der Waals surface area contributed by atoms with E-state index < -0.39 is 0 Å². The molecule has 0 aliphatic carbocycles. The molecule has 4 aromatic rings. The summed E-state index contributed by atoms with van der Waals surface area (Å²) in [4.78, 5) is 18.0. The zero-order valence-corrected chi connectivity index (χ0v) is 24.1. The van der Waals surface area contributed by atoms with Gasteiger partial charge in [-0.05, 0) is 46.3 Å². The van der Waals surface area contributed by atoms with Gasteiger partial charge in [0.2, 0.25) is 0 Å². The lowest BCUT2D eigenvalue weighted by molar-refractivity contribution is 0.284. The van der Waals surface area contributed by atoms with Crippen molar-refractivity contribution in [3.63, 3.8) is 0 Å². The highest BCUT2D eigenvalue weighted by atomic mass is 79.9. The minimum Gasteiger partial charge on any atom is -0.493 e. The molecule has 0 fully saturated rings. The first-order chi connectivity index (χ1) is 17.7. The van der Waals surface area contributed by atoms with E-state index in [1.54, 1.807) is 30.3 Å². The lowest BCUT2D eigenvalue weighted by Crippen LogP contribution is -2.23. The molecule has 0 amide bonds. The highest BCUT2D eigenvalue weighted by Crippen LogP contribution is 2.42. The summed E-state index contributed by atoms with van der Waals surface area (Å²) in [6.45, 7) is 4.03. The van der Waals surface area contributed by atoms with E-state index in [0.29, 0.717) is 43.8 Å². The number of nitrogens with zero attached hydrogens (tertiary/aromatic N) is 4. The Morgan fingerprint density at radius 1 is 1.22 bits per heavy atom. The van der Waals surface area contributed by atoms with Crippen LogP contribution in [0.4, 0.5) is 0 Å². The maximum Gasteiger partial charge on any atom is 0.282 e. The zero-order chi connectivity index (χ0) is 26.7. The third-order valence-electron chi connectivity index (χ3n) is 5.55. The molecule has 7 nitrogen and oxygen atoms in total. The second kappa shape index (κ2) is 11.5. The summed E-state index contributed by atoms with van der Waals surface area (Å²) >= 11 is 13.6. The molecule has 0 unspecified atom stereocenters. The Morgan fingerprint density at radius 2 is 1.97 bits per heavy atom. The fourth-order valence-electron chi connectivity index (χ4n) is 3.66. The first-order valence-electron chi connectivity index (χ1n) is 11.2. The van der Waals surface area contributed by atoms with Crippen LogP contribution in [0.1, 0.15) is 42.3 Å². The number of hydrogen-bond donors (Lipinski definition) is 0. The van der Waals surface area contributed by atoms with E-state index >= 15 is 0 Å². The molecule has 0 saturated heterocycles. The van der Waals surface area contributed by atoms with Crippen LogP contribution in [0.2, 0.25) is 5.02 Å². The number of ether oxygens (including phenoxy) is 2. The third kappa shape index (κ3) is 5.57. The molecule has 188 valence electrons. The fourth-order valence-corrected chi connectivity index (χ4v) is 4.68. The first-order valence-corrected chi connectivity index (χ1v) is 13.1.